The standard InChI is InChI=1S/C16H16O2/c1-10-11(2)14(13-7-5-4-6-8-13)9-15(12(10)3)16(17)18/h4-9H,1-3H3,(H,17,18). The molecule has 0 spiro atoms. The summed E-state index contributed by atoms with van der Waals surface area (Å²) in [4.78, 5) is 11.3. The highest BCUT2D eigenvalue weighted by molar-refractivity contribution is 5.92. The van der Waals surface area contributed by atoms with Crippen molar-refractivity contribution in [1.82, 2.24) is 0 Å². The van der Waals surface area contributed by atoms with Crippen LogP contribution in [0.5, 0.6) is 0 Å². The van der Waals surface area contributed by atoms with E-state index in [2.05, 4.69) is 0 Å². The molecule has 0 aromatic heterocycles. The van der Waals surface area contributed by atoms with E-state index in [9.17, 15) is 9.90 Å². The Morgan fingerprint density at radius 2 is 1.56 bits per heavy atom. The summed E-state index contributed by atoms with van der Waals surface area (Å²) in [5, 5.41) is 9.25. The van der Waals surface area contributed by atoms with Gasteiger partial charge in [0.05, 0.1) is 5.56 Å². The molecule has 0 aliphatic rings. The van der Waals surface area contributed by atoms with Gasteiger partial charge in [-0.15, -0.1) is 0 Å². The molecule has 0 bridgehead atoms. The van der Waals surface area contributed by atoms with E-state index in [1.54, 1.807) is 6.07 Å². The highest BCUT2D eigenvalue weighted by Crippen LogP contribution is 2.29. The Hall–Kier alpha value is -2.09. The van der Waals surface area contributed by atoms with Crippen LogP contribution in [0, 0.1) is 20.8 Å². The third-order valence-corrected chi connectivity index (χ3v) is 3.54. The third-order valence-electron chi connectivity index (χ3n) is 3.54. The maximum atomic E-state index is 11.3. The van der Waals surface area contributed by atoms with E-state index in [1.807, 2.05) is 51.1 Å². The largest absolute Gasteiger partial charge is 0.478 e. The van der Waals surface area contributed by atoms with Crippen molar-refractivity contribution in [3.8, 4) is 11.1 Å². The highest BCUT2D eigenvalue weighted by Gasteiger charge is 2.14. The molecule has 2 nitrogen and oxygen atoms in total. The predicted molar refractivity (Wildman–Crippen MR) is 73.0 cm³/mol. The summed E-state index contributed by atoms with van der Waals surface area (Å²) in [5.74, 6) is -0.868. The van der Waals surface area contributed by atoms with Crippen molar-refractivity contribution in [2.45, 2.75) is 20.8 Å². The molecule has 0 radical (unpaired) electrons. The molecule has 0 heterocycles. The SMILES string of the molecule is Cc1c(C(=O)O)cc(-c2ccccc2)c(C)c1C. The van der Waals surface area contributed by atoms with Gasteiger partial charge in [-0.1, -0.05) is 30.3 Å². The number of carboxylic acids is 1. The maximum absolute atomic E-state index is 11.3. The fraction of sp³-hybridized carbons (Fsp3) is 0.188. The van der Waals surface area contributed by atoms with Crippen LogP contribution >= 0.6 is 0 Å². The van der Waals surface area contributed by atoms with Crippen molar-refractivity contribution >= 4 is 5.97 Å². The molecular weight excluding hydrogens is 224 g/mol. The smallest absolute Gasteiger partial charge is 0.335 e. The second-order valence-corrected chi connectivity index (χ2v) is 4.52. The molecular formula is C16H16O2. The van der Waals surface area contributed by atoms with Crippen molar-refractivity contribution in [3.63, 3.8) is 0 Å². The number of hydrogen-bond acceptors (Lipinski definition) is 1. The Balaban J connectivity index is 2.73. The van der Waals surface area contributed by atoms with Gasteiger partial charge in [-0.25, -0.2) is 4.79 Å². The highest BCUT2D eigenvalue weighted by atomic mass is 16.4. The molecule has 0 unspecified atom stereocenters. The first-order valence-electron chi connectivity index (χ1n) is 5.92. The molecule has 92 valence electrons. The van der Waals surface area contributed by atoms with Crippen molar-refractivity contribution in [1.29, 1.82) is 0 Å². The summed E-state index contributed by atoms with van der Waals surface area (Å²) in [7, 11) is 0. The Morgan fingerprint density at radius 1 is 0.944 bits per heavy atom. The van der Waals surface area contributed by atoms with Crippen molar-refractivity contribution < 1.29 is 9.90 Å². The van der Waals surface area contributed by atoms with Gasteiger partial charge < -0.3 is 5.11 Å². The first-order chi connectivity index (χ1) is 8.52. The summed E-state index contributed by atoms with van der Waals surface area (Å²) >= 11 is 0. The molecule has 0 saturated heterocycles. The number of carbonyl (C=O) groups is 1. The summed E-state index contributed by atoms with van der Waals surface area (Å²) in [6, 6.07) is 11.7. The monoisotopic (exact) mass is 240 g/mol. The topological polar surface area (TPSA) is 37.3 Å². The van der Waals surface area contributed by atoms with Crippen LogP contribution in [0.15, 0.2) is 36.4 Å². The quantitative estimate of drug-likeness (QED) is 0.862. The maximum Gasteiger partial charge on any atom is 0.335 e. The van der Waals surface area contributed by atoms with Crippen LogP contribution in [0.1, 0.15) is 27.0 Å². The molecule has 0 amide bonds. The van der Waals surface area contributed by atoms with Crippen LogP contribution in [0.3, 0.4) is 0 Å². The molecule has 0 saturated carbocycles. The molecule has 18 heavy (non-hydrogen) atoms. The van der Waals surface area contributed by atoms with E-state index in [-0.39, 0.29) is 0 Å². The van der Waals surface area contributed by atoms with Crippen LogP contribution in [0.25, 0.3) is 11.1 Å². The van der Waals surface area contributed by atoms with Gasteiger partial charge in [0.25, 0.3) is 0 Å². The minimum absolute atomic E-state index is 0.386. The van der Waals surface area contributed by atoms with Gasteiger partial charge >= 0.3 is 5.97 Å². The molecule has 0 fully saturated rings. The third kappa shape index (κ3) is 2.02. The zero-order valence-electron chi connectivity index (χ0n) is 10.8. The summed E-state index contributed by atoms with van der Waals surface area (Å²) in [6.45, 7) is 5.88. The lowest BCUT2D eigenvalue weighted by atomic mass is 9.90. The second kappa shape index (κ2) is 4.65. The van der Waals surface area contributed by atoms with E-state index >= 15 is 0 Å². The van der Waals surface area contributed by atoms with Gasteiger partial charge in [0.15, 0.2) is 0 Å². The Kier molecular flexibility index (Phi) is 3.19. The molecule has 2 aromatic carbocycles. The molecule has 2 heteroatoms. The van der Waals surface area contributed by atoms with Gasteiger partial charge in [-0.2, -0.15) is 0 Å². The number of carboxylic acid groups (broad SMARTS) is 1. The van der Waals surface area contributed by atoms with Crippen LogP contribution in [-0.2, 0) is 0 Å². The second-order valence-electron chi connectivity index (χ2n) is 4.52. The number of aromatic carboxylic acids is 1. The van der Waals surface area contributed by atoms with Crippen LogP contribution < -0.4 is 0 Å². The number of hydrogen-bond donors (Lipinski definition) is 1. The molecule has 1 N–H and O–H groups in total. The fourth-order valence-electron chi connectivity index (χ4n) is 2.19. The first kappa shape index (κ1) is 12.4. The summed E-state index contributed by atoms with van der Waals surface area (Å²) in [6.07, 6.45) is 0. The predicted octanol–water partition coefficient (Wildman–Crippen LogP) is 3.98. The summed E-state index contributed by atoms with van der Waals surface area (Å²) in [5.41, 5.74) is 5.48. The van der Waals surface area contributed by atoms with Crippen molar-refractivity contribution in [2.75, 3.05) is 0 Å². The van der Waals surface area contributed by atoms with Crippen LogP contribution in [0.2, 0.25) is 0 Å². The fourth-order valence-corrected chi connectivity index (χ4v) is 2.19. The lowest BCUT2D eigenvalue weighted by Crippen LogP contribution is -2.04. The number of rotatable bonds is 2. The zero-order chi connectivity index (χ0) is 13.3. The Labute approximate surface area is 107 Å². The molecule has 2 rings (SSSR count). The van der Waals surface area contributed by atoms with E-state index < -0.39 is 5.97 Å². The van der Waals surface area contributed by atoms with E-state index in [0.717, 1.165) is 27.8 Å². The number of benzene rings is 2. The Morgan fingerprint density at radius 3 is 2.11 bits per heavy atom. The van der Waals surface area contributed by atoms with Crippen molar-refractivity contribution in [2.24, 2.45) is 0 Å². The average Bonchev–Trinajstić information content (AvgIpc) is 2.37. The van der Waals surface area contributed by atoms with E-state index in [4.69, 9.17) is 0 Å². The molecule has 0 aliphatic carbocycles. The Bertz CT molecular complexity index is 598. The average molecular weight is 240 g/mol. The van der Waals surface area contributed by atoms with Crippen LogP contribution in [0.4, 0.5) is 0 Å². The molecule has 2 aromatic rings. The molecule has 0 atom stereocenters. The minimum Gasteiger partial charge on any atom is -0.478 e. The lowest BCUT2D eigenvalue weighted by Gasteiger charge is -2.14. The molecule has 0 aliphatic heterocycles. The zero-order valence-corrected chi connectivity index (χ0v) is 10.8. The van der Waals surface area contributed by atoms with E-state index in [1.165, 1.54) is 0 Å². The van der Waals surface area contributed by atoms with Gasteiger partial charge in [-0.3, -0.25) is 0 Å². The first-order valence-corrected chi connectivity index (χ1v) is 5.92. The van der Waals surface area contributed by atoms with Gasteiger partial charge in [0, 0.05) is 0 Å². The normalized spacial score (nSPS) is 10.4. The van der Waals surface area contributed by atoms with Crippen molar-refractivity contribution in [3.05, 3.63) is 58.7 Å². The summed E-state index contributed by atoms with van der Waals surface area (Å²) < 4.78 is 0. The van der Waals surface area contributed by atoms with Crippen LogP contribution in [-0.4, -0.2) is 11.1 Å². The minimum atomic E-state index is -0.868. The van der Waals surface area contributed by atoms with Gasteiger partial charge in [0.1, 0.15) is 0 Å². The lowest BCUT2D eigenvalue weighted by molar-refractivity contribution is 0.0696. The van der Waals surface area contributed by atoms with Gasteiger partial charge in [-0.05, 0) is 54.7 Å². The van der Waals surface area contributed by atoms with E-state index in [0.29, 0.717) is 5.56 Å². The van der Waals surface area contributed by atoms with Gasteiger partial charge in [0.2, 0.25) is 0 Å².